The lowest BCUT2D eigenvalue weighted by Gasteiger charge is -2.14. The SMILES string of the molecule is CC1CC(NCc2ncc[nH]2)C(C)O1. The van der Waals surface area contributed by atoms with E-state index in [-0.39, 0.29) is 0 Å². The number of hydrogen-bond acceptors (Lipinski definition) is 3. The van der Waals surface area contributed by atoms with Gasteiger partial charge in [-0.15, -0.1) is 0 Å². The second kappa shape index (κ2) is 4.11. The first-order valence-corrected chi connectivity index (χ1v) is 5.13. The highest BCUT2D eigenvalue weighted by Crippen LogP contribution is 2.19. The van der Waals surface area contributed by atoms with E-state index in [4.69, 9.17) is 4.74 Å². The van der Waals surface area contributed by atoms with Crippen LogP contribution < -0.4 is 5.32 Å². The molecule has 78 valence electrons. The van der Waals surface area contributed by atoms with Crippen molar-refractivity contribution in [3.8, 4) is 0 Å². The van der Waals surface area contributed by atoms with Gasteiger partial charge in [-0.25, -0.2) is 4.98 Å². The maximum atomic E-state index is 5.65. The van der Waals surface area contributed by atoms with Crippen molar-refractivity contribution in [1.29, 1.82) is 0 Å². The monoisotopic (exact) mass is 195 g/mol. The summed E-state index contributed by atoms with van der Waals surface area (Å²) >= 11 is 0. The van der Waals surface area contributed by atoms with Gasteiger partial charge in [-0.1, -0.05) is 0 Å². The fraction of sp³-hybridized carbons (Fsp3) is 0.700. The summed E-state index contributed by atoms with van der Waals surface area (Å²) in [5.41, 5.74) is 0. The molecular formula is C10H17N3O. The fourth-order valence-corrected chi connectivity index (χ4v) is 1.94. The number of nitrogens with one attached hydrogen (secondary N) is 2. The van der Waals surface area contributed by atoms with Crippen LogP contribution in [0.5, 0.6) is 0 Å². The molecule has 3 unspecified atom stereocenters. The van der Waals surface area contributed by atoms with Gasteiger partial charge in [0, 0.05) is 18.4 Å². The van der Waals surface area contributed by atoms with Crippen LogP contribution in [0, 0.1) is 0 Å². The van der Waals surface area contributed by atoms with Crippen LogP contribution in [-0.2, 0) is 11.3 Å². The van der Waals surface area contributed by atoms with Gasteiger partial charge in [0.05, 0.1) is 18.8 Å². The van der Waals surface area contributed by atoms with Gasteiger partial charge in [0.2, 0.25) is 0 Å². The summed E-state index contributed by atoms with van der Waals surface area (Å²) in [6.45, 7) is 5.02. The molecule has 1 saturated heterocycles. The molecule has 1 aliphatic rings. The van der Waals surface area contributed by atoms with Crippen LogP contribution in [0.25, 0.3) is 0 Å². The maximum absolute atomic E-state index is 5.65. The second-order valence-electron chi connectivity index (χ2n) is 3.91. The van der Waals surface area contributed by atoms with E-state index in [2.05, 4.69) is 29.1 Å². The average Bonchev–Trinajstić information content (AvgIpc) is 2.72. The minimum atomic E-state index is 0.306. The first-order valence-electron chi connectivity index (χ1n) is 5.13. The smallest absolute Gasteiger partial charge is 0.120 e. The number of hydrogen-bond donors (Lipinski definition) is 2. The molecule has 4 heteroatoms. The van der Waals surface area contributed by atoms with E-state index in [9.17, 15) is 0 Å². The number of ether oxygens (including phenoxy) is 1. The van der Waals surface area contributed by atoms with Crippen LogP contribution in [0.3, 0.4) is 0 Å². The Morgan fingerprint density at radius 1 is 1.64 bits per heavy atom. The van der Waals surface area contributed by atoms with Gasteiger partial charge in [-0.05, 0) is 20.3 Å². The molecule has 14 heavy (non-hydrogen) atoms. The molecule has 0 aromatic carbocycles. The Bertz CT molecular complexity index is 273. The molecule has 0 bridgehead atoms. The van der Waals surface area contributed by atoms with E-state index in [1.54, 1.807) is 6.20 Å². The molecule has 1 fully saturated rings. The highest BCUT2D eigenvalue weighted by molar-refractivity contribution is 4.89. The Labute approximate surface area is 84.1 Å². The Morgan fingerprint density at radius 3 is 3.07 bits per heavy atom. The van der Waals surface area contributed by atoms with E-state index in [0.29, 0.717) is 18.2 Å². The van der Waals surface area contributed by atoms with Gasteiger partial charge in [-0.3, -0.25) is 0 Å². The van der Waals surface area contributed by atoms with Crippen molar-refractivity contribution >= 4 is 0 Å². The molecule has 2 N–H and O–H groups in total. The third-order valence-corrected chi connectivity index (χ3v) is 2.69. The first kappa shape index (κ1) is 9.68. The van der Waals surface area contributed by atoms with Gasteiger partial charge in [0.15, 0.2) is 0 Å². The predicted molar refractivity (Wildman–Crippen MR) is 53.8 cm³/mol. The lowest BCUT2D eigenvalue weighted by atomic mass is 10.1. The molecule has 0 saturated carbocycles. The normalized spacial score (nSPS) is 32.3. The Kier molecular flexibility index (Phi) is 2.84. The molecule has 0 spiro atoms. The molecule has 2 heterocycles. The summed E-state index contributed by atoms with van der Waals surface area (Å²) < 4.78 is 5.65. The molecule has 2 rings (SSSR count). The number of H-pyrrole nitrogens is 1. The second-order valence-corrected chi connectivity index (χ2v) is 3.91. The number of aromatic amines is 1. The molecule has 0 radical (unpaired) electrons. The topological polar surface area (TPSA) is 49.9 Å². The van der Waals surface area contributed by atoms with E-state index >= 15 is 0 Å². The molecule has 0 aliphatic carbocycles. The van der Waals surface area contributed by atoms with Crippen LogP contribution in [0.2, 0.25) is 0 Å². The summed E-state index contributed by atoms with van der Waals surface area (Å²) in [6.07, 6.45) is 5.38. The third-order valence-electron chi connectivity index (χ3n) is 2.69. The molecule has 1 aliphatic heterocycles. The minimum absolute atomic E-state index is 0.306. The zero-order valence-corrected chi connectivity index (χ0v) is 8.66. The highest BCUT2D eigenvalue weighted by atomic mass is 16.5. The summed E-state index contributed by atoms with van der Waals surface area (Å²) in [5.74, 6) is 0.983. The van der Waals surface area contributed by atoms with Gasteiger partial charge in [0.25, 0.3) is 0 Å². The summed E-state index contributed by atoms with van der Waals surface area (Å²) in [4.78, 5) is 7.24. The van der Waals surface area contributed by atoms with Crippen LogP contribution in [0.4, 0.5) is 0 Å². The Hall–Kier alpha value is -0.870. The number of imidazole rings is 1. The van der Waals surface area contributed by atoms with Crippen LogP contribution in [-0.4, -0.2) is 28.2 Å². The van der Waals surface area contributed by atoms with Crippen LogP contribution in [0.1, 0.15) is 26.1 Å². The molecule has 0 amide bonds. The van der Waals surface area contributed by atoms with Crippen molar-refractivity contribution in [2.45, 2.75) is 45.1 Å². The van der Waals surface area contributed by atoms with Gasteiger partial charge in [0.1, 0.15) is 5.82 Å². The fourth-order valence-electron chi connectivity index (χ4n) is 1.94. The lowest BCUT2D eigenvalue weighted by Crippen LogP contribution is -2.34. The van der Waals surface area contributed by atoms with Crippen LogP contribution >= 0.6 is 0 Å². The lowest BCUT2D eigenvalue weighted by molar-refractivity contribution is 0.0604. The first-order chi connectivity index (χ1) is 6.75. The zero-order valence-electron chi connectivity index (χ0n) is 8.66. The zero-order chi connectivity index (χ0) is 9.97. The summed E-state index contributed by atoms with van der Waals surface area (Å²) in [6, 6.07) is 0.454. The molecule has 4 nitrogen and oxygen atoms in total. The molecule has 1 aromatic rings. The number of nitrogens with zero attached hydrogens (tertiary/aromatic N) is 1. The van der Waals surface area contributed by atoms with Crippen molar-refractivity contribution < 1.29 is 4.74 Å². The summed E-state index contributed by atoms with van der Waals surface area (Å²) in [5, 5.41) is 3.45. The van der Waals surface area contributed by atoms with Crippen molar-refractivity contribution in [2.24, 2.45) is 0 Å². The minimum Gasteiger partial charge on any atom is -0.374 e. The van der Waals surface area contributed by atoms with Crippen molar-refractivity contribution in [2.75, 3.05) is 0 Å². The quantitative estimate of drug-likeness (QED) is 0.758. The van der Waals surface area contributed by atoms with E-state index in [1.165, 1.54) is 0 Å². The highest BCUT2D eigenvalue weighted by Gasteiger charge is 2.28. The average molecular weight is 195 g/mol. The van der Waals surface area contributed by atoms with Crippen molar-refractivity contribution in [3.05, 3.63) is 18.2 Å². The van der Waals surface area contributed by atoms with Gasteiger partial charge >= 0.3 is 0 Å². The largest absolute Gasteiger partial charge is 0.374 e. The third kappa shape index (κ3) is 2.13. The number of rotatable bonds is 3. The summed E-state index contributed by atoms with van der Waals surface area (Å²) in [7, 11) is 0. The van der Waals surface area contributed by atoms with E-state index in [0.717, 1.165) is 18.8 Å². The predicted octanol–water partition coefficient (Wildman–Crippen LogP) is 1.07. The van der Waals surface area contributed by atoms with Crippen LogP contribution in [0.15, 0.2) is 12.4 Å². The maximum Gasteiger partial charge on any atom is 0.120 e. The van der Waals surface area contributed by atoms with Crippen molar-refractivity contribution in [1.82, 2.24) is 15.3 Å². The molecular weight excluding hydrogens is 178 g/mol. The van der Waals surface area contributed by atoms with Crippen molar-refractivity contribution in [3.63, 3.8) is 0 Å². The Balaban J connectivity index is 1.81. The van der Waals surface area contributed by atoms with Gasteiger partial charge in [-0.2, -0.15) is 0 Å². The molecule has 1 aromatic heterocycles. The Morgan fingerprint density at radius 2 is 2.50 bits per heavy atom. The standard InChI is InChI=1S/C10H17N3O/c1-7-5-9(8(2)14-7)13-6-10-11-3-4-12-10/h3-4,7-9,13H,5-6H2,1-2H3,(H,11,12). The molecule has 3 atom stereocenters. The van der Waals surface area contributed by atoms with E-state index in [1.807, 2.05) is 6.20 Å². The van der Waals surface area contributed by atoms with Gasteiger partial charge < -0.3 is 15.0 Å². The van der Waals surface area contributed by atoms with E-state index < -0.39 is 0 Å². The number of aromatic nitrogens is 2.